The van der Waals surface area contributed by atoms with Crippen LogP contribution in [0.1, 0.15) is 18.4 Å². The number of hydrogen-bond acceptors (Lipinski definition) is 3. The fraction of sp³-hybridized carbons (Fsp3) is 0.467. The molecule has 1 fully saturated rings. The number of nitrogens with one attached hydrogen (secondary N) is 1. The maximum atomic E-state index is 11.9. The van der Waals surface area contributed by atoms with Gasteiger partial charge in [0.25, 0.3) is 0 Å². The summed E-state index contributed by atoms with van der Waals surface area (Å²) in [5.74, 6) is 0.0147. The highest BCUT2D eigenvalue weighted by molar-refractivity contribution is 5.82. The molecule has 1 unspecified atom stereocenters. The van der Waals surface area contributed by atoms with Crippen LogP contribution in [0.2, 0.25) is 0 Å². The van der Waals surface area contributed by atoms with E-state index in [0.29, 0.717) is 13.2 Å². The van der Waals surface area contributed by atoms with E-state index >= 15 is 0 Å². The van der Waals surface area contributed by atoms with Crippen LogP contribution in [-0.2, 0) is 23.0 Å². The van der Waals surface area contributed by atoms with Crippen LogP contribution in [0.5, 0.6) is 0 Å². The van der Waals surface area contributed by atoms with Crippen LogP contribution in [0.15, 0.2) is 24.5 Å². The largest absolute Gasteiger partial charge is 0.368 e. The standard InChI is InChI=1S/C15H19N3O2/c1-18-10-11(12-4-2-7-16-14(12)18)6-8-17-15(19)13-5-3-9-20-13/h2,4,7,10,13H,3,5-6,8-9H2,1H3,(H,17,19). The third-order valence-corrected chi connectivity index (χ3v) is 3.73. The van der Waals surface area contributed by atoms with Gasteiger partial charge in [-0.2, -0.15) is 0 Å². The van der Waals surface area contributed by atoms with Crippen molar-refractivity contribution in [1.29, 1.82) is 0 Å². The van der Waals surface area contributed by atoms with E-state index in [-0.39, 0.29) is 12.0 Å². The highest BCUT2D eigenvalue weighted by atomic mass is 16.5. The highest BCUT2D eigenvalue weighted by Gasteiger charge is 2.22. The fourth-order valence-corrected chi connectivity index (χ4v) is 2.71. The van der Waals surface area contributed by atoms with Crippen molar-refractivity contribution in [2.45, 2.75) is 25.4 Å². The molecule has 1 N–H and O–H groups in total. The molecule has 2 aromatic heterocycles. The summed E-state index contributed by atoms with van der Waals surface area (Å²) < 4.78 is 7.39. The van der Waals surface area contributed by atoms with Crippen molar-refractivity contribution in [1.82, 2.24) is 14.9 Å². The van der Waals surface area contributed by atoms with E-state index in [9.17, 15) is 4.79 Å². The van der Waals surface area contributed by atoms with Crippen molar-refractivity contribution in [3.8, 4) is 0 Å². The molecule has 0 bridgehead atoms. The lowest BCUT2D eigenvalue weighted by Gasteiger charge is -2.09. The Hall–Kier alpha value is -1.88. The molecule has 0 saturated carbocycles. The summed E-state index contributed by atoms with van der Waals surface area (Å²) in [5, 5.41) is 4.11. The second-order valence-electron chi connectivity index (χ2n) is 5.18. The second kappa shape index (κ2) is 5.63. The van der Waals surface area contributed by atoms with E-state index in [0.717, 1.165) is 30.3 Å². The van der Waals surface area contributed by atoms with Crippen LogP contribution in [0.25, 0.3) is 11.0 Å². The van der Waals surface area contributed by atoms with E-state index in [4.69, 9.17) is 4.74 Å². The number of carbonyl (C=O) groups excluding carboxylic acids is 1. The maximum absolute atomic E-state index is 11.9. The van der Waals surface area contributed by atoms with Gasteiger partial charge in [0, 0.05) is 38.0 Å². The van der Waals surface area contributed by atoms with E-state index in [1.807, 2.05) is 17.7 Å². The number of aryl methyl sites for hydroxylation is 1. The lowest BCUT2D eigenvalue weighted by molar-refractivity contribution is -0.129. The van der Waals surface area contributed by atoms with Crippen LogP contribution in [0.4, 0.5) is 0 Å². The Labute approximate surface area is 117 Å². The number of fused-ring (bicyclic) bond motifs is 1. The Balaban J connectivity index is 1.61. The zero-order chi connectivity index (χ0) is 13.9. The van der Waals surface area contributed by atoms with Gasteiger partial charge in [-0.3, -0.25) is 4.79 Å². The molecular formula is C15H19N3O2. The number of carbonyl (C=O) groups is 1. The Morgan fingerprint density at radius 1 is 1.60 bits per heavy atom. The summed E-state index contributed by atoms with van der Waals surface area (Å²) in [7, 11) is 1.99. The summed E-state index contributed by atoms with van der Waals surface area (Å²) >= 11 is 0. The third kappa shape index (κ3) is 2.54. The molecule has 5 heteroatoms. The molecule has 20 heavy (non-hydrogen) atoms. The first kappa shape index (κ1) is 13.1. The lowest BCUT2D eigenvalue weighted by atomic mass is 10.1. The molecular weight excluding hydrogens is 254 g/mol. The van der Waals surface area contributed by atoms with Crippen LogP contribution < -0.4 is 5.32 Å². The van der Waals surface area contributed by atoms with Gasteiger partial charge in [-0.25, -0.2) is 4.98 Å². The average molecular weight is 273 g/mol. The van der Waals surface area contributed by atoms with Gasteiger partial charge in [0.2, 0.25) is 5.91 Å². The lowest BCUT2D eigenvalue weighted by Crippen LogP contribution is -2.35. The minimum atomic E-state index is -0.246. The fourth-order valence-electron chi connectivity index (χ4n) is 2.71. The molecule has 5 nitrogen and oxygen atoms in total. The number of pyridine rings is 1. The Bertz CT molecular complexity index is 615. The first-order chi connectivity index (χ1) is 9.75. The number of amides is 1. The average Bonchev–Trinajstić information content (AvgIpc) is 3.09. The van der Waals surface area contributed by atoms with Crippen molar-refractivity contribution >= 4 is 16.9 Å². The zero-order valence-electron chi connectivity index (χ0n) is 11.6. The van der Waals surface area contributed by atoms with Crippen LogP contribution >= 0.6 is 0 Å². The predicted octanol–water partition coefficient (Wildman–Crippen LogP) is 1.41. The van der Waals surface area contributed by atoms with E-state index in [1.54, 1.807) is 6.20 Å². The molecule has 0 radical (unpaired) electrons. The Kier molecular flexibility index (Phi) is 3.69. The smallest absolute Gasteiger partial charge is 0.249 e. The molecule has 1 aliphatic rings. The molecule has 0 aromatic carbocycles. The molecule has 1 saturated heterocycles. The van der Waals surface area contributed by atoms with Gasteiger partial charge in [-0.05, 0) is 37.0 Å². The first-order valence-corrected chi connectivity index (χ1v) is 7.04. The van der Waals surface area contributed by atoms with Gasteiger partial charge in [0.1, 0.15) is 11.8 Å². The van der Waals surface area contributed by atoms with Gasteiger partial charge in [0.05, 0.1) is 0 Å². The van der Waals surface area contributed by atoms with Crippen molar-refractivity contribution < 1.29 is 9.53 Å². The molecule has 0 aliphatic carbocycles. The van der Waals surface area contributed by atoms with Gasteiger partial charge in [-0.15, -0.1) is 0 Å². The van der Waals surface area contributed by atoms with E-state index in [1.165, 1.54) is 5.56 Å². The minimum Gasteiger partial charge on any atom is -0.368 e. The van der Waals surface area contributed by atoms with Crippen LogP contribution in [-0.4, -0.2) is 34.7 Å². The van der Waals surface area contributed by atoms with Crippen LogP contribution in [0, 0.1) is 0 Å². The molecule has 2 aromatic rings. The summed E-state index contributed by atoms with van der Waals surface area (Å²) in [6.45, 7) is 1.33. The number of aromatic nitrogens is 2. The molecule has 1 aliphatic heterocycles. The number of rotatable bonds is 4. The third-order valence-electron chi connectivity index (χ3n) is 3.73. The summed E-state index contributed by atoms with van der Waals surface area (Å²) in [6, 6.07) is 4.01. The van der Waals surface area contributed by atoms with Crippen molar-refractivity contribution in [3.05, 3.63) is 30.1 Å². The molecule has 1 amide bonds. The van der Waals surface area contributed by atoms with Gasteiger partial charge >= 0.3 is 0 Å². The van der Waals surface area contributed by atoms with Crippen LogP contribution in [0.3, 0.4) is 0 Å². The van der Waals surface area contributed by atoms with Gasteiger partial charge < -0.3 is 14.6 Å². The van der Waals surface area contributed by atoms with Crippen molar-refractivity contribution in [3.63, 3.8) is 0 Å². The number of nitrogens with zero attached hydrogens (tertiary/aromatic N) is 2. The summed E-state index contributed by atoms with van der Waals surface area (Å²) in [4.78, 5) is 16.2. The SMILES string of the molecule is Cn1cc(CCNC(=O)C2CCCO2)c2cccnc21. The van der Waals surface area contributed by atoms with E-state index < -0.39 is 0 Å². The topological polar surface area (TPSA) is 56.2 Å². The Morgan fingerprint density at radius 3 is 3.30 bits per heavy atom. The van der Waals surface area contributed by atoms with Crippen molar-refractivity contribution in [2.75, 3.05) is 13.2 Å². The van der Waals surface area contributed by atoms with Gasteiger partial charge in [0.15, 0.2) is 0 Å². The van der Waals surface area contributed by atoms with Gasteiger partial charge in [-0.1, -0.05) is 0 Å². The van der Waals surface area contributed by atoms with Crippen molar-refractivity contribution in [2.24, 2.45) is 7.05 Å². The monoisotopic (exact) mass is 273 g/mol. The predicted molar refractivity (Wildman–Crippen MR) is 76.4 cm³/mol. The minimum absolute atomic E-state index is 0.0147. The quantitative estimate of drug-likeness (QED) is 0.916. The van der Waals surface area contributed by atoms with E-state index in [2.05, 4.69) is 22.6 Å². The second-order valence-corrected chi connectivity index (χ2v) is 5.18. The summed E-state index contributed by atoms with van der Waals surface area (Å²) in [5.41, 5.74) is 2.19. The normalized spacial score (nSPS) is 18.6. The number of hydrogen-bond donors (Lipinski definition) is 1. The number of ether oxygens (including phenoxy) is 1. The molecule has 3 rings (SSSR count). The molecule has 0 spiro atoms. The molecule has 1 atom stereocenters. The first-order valence-electron chi connectivity index (χ1n) is 7.04. The zero-order valence-corrected chi connectivity index (χ0v) is 11.6. The highest BCUT2D eigenvalue weighted by Crippen LogP contribution is 2.18. The molecule has 3 heterocycles. The molecule has 106 valence electrons. The Morgan fingerprint density at radius 2 is 2.50 bits per heavy atom. The maximum Gasteiger partial charge on any atom is 0.249 e. The summed E-state index contributed by atoms with van der Waals surface area (Å²) in [6.07, 6.45) is 6.25.